The Labute approximate surface area is 180 Å². The van der Waals surface area contributed by atoms with E-state index in [4.69, 9.17) is 4.74 Å². The van der Waals surface area contributed by atoms with Gasteiger partial charge >= 0.3 is 0 Å². The summed E-state index contributed by atoms with van der Waals surface area (Å²) in [5.41, 5.74) is 2.62. The van der Waals surface area contributed by atoms with Gasteiger partial charge in [0.1, 0.15) is 6.54 Å². The lowest BCUT2D eigenvalue weighted by Gasteiger charge is -2.25. The minimum absolute atomic E-state index is 0.0855. The van der Waals surface area contributed by atoms with Crippen LogP contribution in [0.15, 0.2) is 35.2 Å². The highest BCUT2D eigenvalue weighted by Crippen LogP contribution is 2.26. The van der Waals surface area contributed by atoms with Crippen LogP contribution in [0, 0.1) is 0 Å². The number of rotatable bonds is 7. The van der Waals surface area contributed by atoms with Crippen molar-refractivity contribution in [1.82, 2.24) is 20.0 Å². The number of morpholine rings is 1. The van der Waals surface area contributed by atoms with Gasteiger partial charge in [0.05, 0.1) is 23.8 Å². The van der Waals surface area contributed by atoms with Gasteiger partial charge in [0, 0.05) is 19.6 Å². The zero-order chi connectivity index (χ0) is 20.8. The van der Waals surface area contributed by atoms with E-state index in [2.05, 4.69) is 16.5 Å². The molecule has 2 aliphatic rings. The predicted octanol–water partition coefficient (Wildman–Crippen LogP) is 3.09. The third-order valence-electron chi connectivity index (χ3n) is 5.52. The Hall–Kier alpha value is -2.45. The SMILES string of the molecule is O=C(Cn1nc(C(=O)N2CCOCC2)cc1-c1cccs1)NCCC1=CCCCC1. The molecule has 1 fully saturated rings. The summed E-state index contributed by atoms with van der Waals surface area (Å²) in [4.78, 5) is 28.2. The topological polar surface area (TPSA) is 76.5 Å². The lowest BCUT2D eigenvalue weighted by molar-refractivity contribution is -0.121. The molecule has 1 aliphatic carbocycles. The zero-order valence-electron chi connectivity index (χ0n) is 17.1. The second-order valence-electron chi connectivity index (χ2n) is 7.66. The van der Waals surface area contributed by atoms with Crippen LogP contribution < -0.4 is 5.32 Å². The molecule has 4 rings (SSSR count). The van der Waals surface area contributed by atoms with Gasteiger partial charge in [-0.05, 0) is 49.6 Å². The molecule has 0 atom stereocenters. The van der Waals surface area contributed by atoms with Crippen molar-refractivity contribution in [3.05, 3.63) is 40.9 Å². The van der Waals surface area contributed by atoms with Crippen LogP contribution in [-0.4, -0.2) is 59.3 Å². The fourth-order valence-electron chi connectivity index (χ4n) is 3.88. The van der Waals surface area contributed by atoms with Crippen molar-refractivity contribution in [3.8, 4) is 10.6 Å². The molecule has 8 heteroatoms. The van der Waals surface area contributed by atoms with Crippen molar-refractivity contribution in [3.63, 3.8) is 0 Å². The van der Waals surface area contributed by atoms with Crippen LogP contribution in [0.1, 0.15) is 42.6 Å². The number of hydrogen-bond acceptors (Lipinski definition) is 5. The molecule has 2 aromatic heterocycles. The molecular formula is C22H28N4O3S. The minimum Gasteiger partial charge on any atom is -0.378 e. The number of ether oxygens (including phenoxy) is 1. The van der Waals surface area contributed by atoms with Crippen molar-refractivity contribution in [2.75, 3.05) is 32.8 Å². The second kappa shape index (κ2) is 10.0. The first-order valence-electron chi connectivity index (χ1n) is 10.6. The maximum atomic E-state index is 12.9. The summed E-state index contributed by atoms with van der Waals surface area (Å²) in [7, 11) is 0. The fourth-order valence-corrected chi connectivity index (χ4v) is 4.62. The largest absolute Gasteiger partial charge is 0.378 e. The first-order chi connectivity index (χ1) is 14.7. The molecule has 0 spiro atoms. The molecule has 7 nitrogen and oxygen atoms in total. The van der Waals surface area contributed by atoms with Crippen LogP contribution in [-0.2, 0) is 16.1 Å². The lowest BCUT2D eigenvalue weighted by Crippen LogP contribution is -2.41. The Morgan fingerprint density at radius 1 is 1.23 bits per heavy atom. The smallest absolute Gasteiger partial charge is 0.274 e. The number of allylic oxidation sites excluding steroid dienone is 1. The number of carbonyl (C=O) groups is 2. The third kappa shape index (κ3) is 5.17. The highest BCUT2D eigenvalue weighted by molar-refractivity contribution is 7.13. The van der Waals surface area contributed by atoms with E-state index < -0.39 is 0 Å². The van der Waals surface area contributed by atoms with Crippen LogP contribution in [0.2, 0.25) is 0 Å². The average Bonchev–Trinajstić information content (AvgIpc) is 3.44. The van der Waals surface area contributed by atoms with E-state index in [1.807, 2.05) is 17.5 Å². The maximum Gasteiger partial charge on any atom is 0.274 e. The van der Waals surface area contributed by atoms with Gasteiger partial charge < -0.3 is 15.0 Å². The first-order valence-corrected chi connectivity index (χ1v) is 11.5. The molecule has 160 valence electrons. The van der Waals surface area contributed by atoms with Gasteiger partial charge in [0.25, 0.3) is 5.91 Å². The van der Waals surface area contributed by atoms with Gasteiger partial charge in [0.2, 0.25) is 5.91 Å². The molecule has 1 aliphatic heterocycles. The molecule has 1 saturated heterocycles. The number of amides is 2. The van der Waals surface area contributed by atoms with Crippen LogP contribution in [0.4, 0.5) is 0 Å². The van der Waals surface area contributed by atoms with Gasteiger partial charge in [-0.2, -0.15) is 5.10 Å². The van der Waals surface area contributed by atoms with E-state index in [9.17, 15) is 9.59 Å². The summed E-state index contributed by atoms with van der Waals surface area (Å²) in [6, 6.07) is 5.73. The van der Waals surface area contributed by atoms with Gasteiger partial charge in [-0.1, -0.05) is 17.7 Å². The van der Waals surface area contributed by atoms with E-state index in [0.717, 1.165) is 29.8 Å². The Morgan fingerprint density at radius 2 is 2.10 bits per heavy atom. The molecule has 3 heterocycles. The fraction of sp³-hybridized carbons (Fsp3) is 0.500. The normalized spacial score (nSPS) is 16.9. The molecule has 0 radical (unpaired) electrons. The van der Waals surface area contributed by atoms with Crippen LogP contribution in [0.25, 0.3) is 10.6 Å². The molecular weight excluding hydrogens is 400 g/mol. The number of carbonyl (C=O) groups excluding carboxylic acids is 2. The summed E-state index contributed by atoms with van der Waals surface area (Å²) >= 11 is 1.57. The second-order valence-corrected chi connectivity index (χ2v) is 8.61. The molecule has 2 aromatic rings. The summed E-state index contributed by atoms with van der Waals surface area (Å²) < 4.78 is 6.98. The van der Waals surface area contributed by atoms with Crippen molar-refractivity contribution in [2.45, 2.75) is 38.6 Å². The van der Waals surface area contributed by atoms with Crippen LogP contribution >= 0.6 is 11.3 Å². The molecule has 0 aromatic carbocycles. The van der Waals surface area contributed by atoms with Gasteiger partial charge in [-0.15, -0.1) is 11.3 Å². The van der Waals surface area contributed by atoms with Crippen LogP contribution in [0.5, 0.6) is 0 Å². The zero-order valence-corrected chi connectivity index (χ0v) is 18.0. The molecule has 0 unspecified atom stereocenters. The van der Waals surface area contributed by atoms with Gasteiger partial charge in [0.15, 0.2) is 5.69 Å². The molecule has 0 saturated carbocycles. The third-order valence-corrected chi connectivity index (χ3v) is 6.41. The van der Waals surface area contributed by atoms with E-state index in [1.54, 1.807) is 27.0 Å². The summed E-state index contributed by atoms with van der Waals surface area (Å²) in [6.45, 7) is 2.96. The summed E-state index contributed by atoms with van der Waals surface area (Å²) in [5, 5.41) is 9.48. The number of nitrogens with zero attached hydrogens (tertiary/aromatic N) is 3. The van der Waals surface area contributed by atoms with E-state index in [-0.39, 0.29) is 18.4 Å². The Morgan fingerprint density at radius 3 is 2.83 bits per heavy atom. The average molecular weight is 429 g/mol. The summed E-state index contributed by atoms with van der Waals surface area (Å²) in [6.07, 6.45) is 8.03. The Bertz CT molecular complexity index is 898. The van der Waals surface area contributed by atoms with Gasteiger partial charge in [-0.3, -0.25) is 14.3 Å². The van der Waals surface area contributed by atoms with Crippen molar-refractivity contribution >= 4 is 23.2 Å². The van der Waals surface area contributed by atoms with E-state index >= 15 is 0 Å². The van der Waals surface area contributed by atoms with E-state index in [0.29, 0.717) is 38.5 Å². The molecule has 2 amide bonds. The molecule has 0 bridgehead atoms. The predicted molar refractivity (Wildman–Crippen MR) is 116 cm³/mol. The standard InChI is InChI=1S/C22H28N4O3S/c27-21(23-9-8-17-5-2-1-3-6-17)16-26-19(20-7-4-14-30-20)15-18(24-26)22(28)25-10-12-29-13-11-25/h4-5,7,14-15H,1-3,6,8-13,16H2,(H,23,27). The number of thiophene rings is 1. The van der Waals surface area contributed by atoms with Crippen molar-refractivity contribution in [1.29, 1.82) is 0 Å². The van der Waals surface area contributed by atoms with Crippen LogP contribution in [0.3, 0.4) is 0 Å². The minimum atomic E-state index is -0.112. The van der Waals surface area contributed by atoms with Crippen molar-refractivity contribution in [2.24, 2.45) is 0 Å². The number of hydrogen-bond donors (Lipinski definition) is 1. The number of aromatic nitrogens is 2. The highest BCUT2D eigenvalue weighted by atomic mass is 32.1. The maximum absolute atomic E-state index is 12.9. The highest BCUT2D eigenvalue weighted by Gasteiger charge is 2.23. The van der Waals surface area contributed by atoms with Crippen molar-refractivity contribution < 1.29 is 14.3 Å². The monoisotopic (exact) mass is 428 g/mol. The first kappa shape index (κ1) is 20.8. The van der Waals surface area contributed by atoms with E-state index in [1.165, 1.54) is 18.4 Å². The summed E-state index contributed by atoms with van der Waals surface area (Å²) in [5.74, 6) is -0.197. The lowest BCUT2D eigenvalue weighted by atomic mass is 9.97. The quantitative estimate of drug-likeness (QED) is 0.688. The molecule has 30 heavy (non-hydrogen) atoms. The molecule has 1 N–H and O–H groups in total. The van der Waals surface area contributed by atoms with Gasteiger partial charge in [-0.25, -0.2) is 0 Å². The Balaban J connectivity index is 1.43. The number of nitrogens with one attached hydrogen (secondary N) is 1. The Kier molecular flexibility index (Phi) is 6.96.